The smallest absolute Gasteiger partial charge is 0.258 e. The van der Waals surface area contributed by atoms with Crippen molar-refractivity contribution in [1.82, 2.24) is 5.32 Å². The molecule has 0 aliphatic rings. The lowest BCUT2D eigenvalue weighted by Crippen LogP contribution is -2.37. The lowest BCUT2D eigenvalue weighted by Gasteiger charge is -2.15. The molecular weight excluding hydrogens is 242 g/mol. The zero-order valence-electron chi connectivity index (χ0n) is 11.9. The number of carbonyl (C=O) groups is 1. The Morgan fingerprint density at radius 1 is 1.05 bits per heavy atom. The third-order valence-electron chi connectivity index (χ3n) is 2.86. The second-order valence-electron chi connectivity index (χ2n) is 4.27. The molecule has 106 valence electrons. The van der Waals surface area contributed by atoms with E-state index in [2.05, 4.69) is 19.2 Å². The maximum Gasteiger partial charge on any atom is 0.258 e. The van der Waals surface area contributed by atoms with Crippen LogP contribution in [-0.4, -0.2) is 25.2 Å². The van der Waals surface area contributed by atoms with Crippen molar-refractivity contribution in [1.29, 1.82) is 0 Å². The Kier molecular flexibility index (Phi) is 6.79. The molecule has 0 aromatic heterocycles. The van der Waals surface area contributed by atoms with E-state index < -0.39 is 0 Å². The van der Waals surface area contributed by atoms with Gasteiger partial charge in [-0.15, -0.1) is 0 Å². The minimum absolute atomic E-state index is 0.0461. The highest BCUT2D eigenvalue weighted by molar-refractivity contribution is 5.77. The van der Waals surface area contributed by atoms with Gasteiger partial charge in [0.2, 0.25) is 0 Å². The molecule has 0 bridgehead atoms. The Balaban J connectivity index is 2.37. The minimum atomic E-state index is -0.0809. The lowest BCUT2D eigenvalue weighted by atomic mass is 10.2. The van der Waals surface area contributed by atoms with Crippen LogP contribution in [0.25, 0.3) is 0 Å². The van der Waals surface area contributed by atoms with Crippen molar-refractivity contribution in [3.8, 4) is 11.5 Å². The van der Waals surface area contributed by atoms with E-state index in [0.29, 0.717) is 12.4 Å². The summed E-state index contributed by atoms with van der Waals surface area (Å²) in [5.74, 6) is 1.39. The number of hydrogen-bond acceptors (Lipinski definition) is 3. The van der Waals surface area contributed by atoms with Gasteiger partial charge in [-0.25, -0.2) is 0 Å². The molecule has 0 saturated carbocycles. The van der Waals surface area contributed by atoms with Crippen LogP contribution in [0.15, 0.2) is 24.3 Å². The van der Waals surface area contributed by atoms with Crippen LogP contribution in [0.4, 0.5) is 0 Å². The second-order valence-corrected chi connectivity index (χ2v) is 4.27. The minimum Gasteiger partial charge on any atom is -0.494 e. The van der Waals surface area contributed by atoms with Gasteiger partial charge in [-0.3, -0.25) is 4.79 Å². The van der Waals surface area contributed by atoms with Crippen LogP contribution in [-0.2, 0) is 4.79 Å². The molecule has 0 atom stereocenters. The van der Waals surface area contributed by atoms with Gasteiger partial charge in [-0.1, -0.05) is 13.8 Å². The first-order chi connectivity index (χ1) is 9.19. The van der Waals surface area contributed by atoms with Crippen LogP contribution in [0, 0.1) is 0 Å². The fourth-order valence-corrected chi connectivity index (χ4v) is 1.71. The molecule has 1 amide bonds. The summed E-state index contributed by atoms with van der Waals surface area (Å²) in [5.41, 5.74) is 0. The molecule has 0 unspecified atom stereocenters. The summed E-state index contributed by atoms with van der Waals surface area (Å²) < 4.78 is 10.8. The molecule has 0 aliphatic heterocycles. The van der Waals surface area contributed by atoms with Crippen LogP contribution in [0.2, 0.25) is 0 Å². The number of benzene rings is 1. The average molecular weight is 265 g/mol. The van der Waals surface area contributed by atoms with E-state index in [1.54, 1.807) is 12.1 Å². The van der Waals surface area contributed by atoms with E-state index in [1.807, 2.05) is 19.1 Å². The molecule has 0 aliphatic carbocycles. The summed E-state index contributed by atoms with van der Waals surface area (Å²) in [6.45, 7) is 6.73. The Morgan fingerprint density at radius 3 is 2.05 bits per heavy atom. The Labute approximate surface area is 115 Å². The standard InChI is InChI=1S/C15H23NO3/c1-4-12(5-2)16-15(17)11-19-14-9-7-13(8-10-14)18-6-3/h7-10,12H,4-6,11H2,1-3H3,(H,16,17). The van der Waals surface area contributed by atoms with E-state index in [4.69, 9.17) is 9.47 Å². The predicted molar refractivity (Wildman–Crippen MR) is 75.6 cm³/mol. The van der Waals surface area contributed by atoms with Gasteiger partial charge in [-0.05, 0) is 44.0 Å². The molecule has 0 saturated heterocycles. The van der Waals surface area contributed by atoms with Crippen LogP contribution < -0.4 is 14.8 Å². The zero-order chi connectivity index (χ0) is 14.1. The molecule has 19 heavy (non-hydrogen) atoms. The molecule has 1 N–H and O–H groups in total. The molecular formula is C15H23NO3. The first kappa shape index (κ1) is 15.3. The first-order valence-electron chi connectivity index (χ1n) is 6.84. The first-order valence-corrected chi connectivity index (χ1v) is 6.84. The van der Waals surface area contributed by atoms with Crippen molar-refractivity contribution in [2.45, 2.75) is 39.7 Å². The van der Waals surface area contributed by atoms with Gasteiger partial charge in [0.25, 0.3) is 5.91 Å². The fourth-order valence-electron chi connectivity index (χ4n) is 1.71. The highest BCUT2D eigenvalue weighted by atomic mass is 16.5. The van der Waals surface area contributed by atoms with Crippen molar-refractivity contribution >= 4 is 5.91 Å². The van der Waals surface area contributed by atoms with E-state index in [9.17, 15) is 4.79 Å². The predicted octanol–water partition coefficient (Wildman–Crippen LogP) is 2.77. The third kappa shape index (κ3) is 5.64. The molecule has 1 aromatic rings. The molecule has 1 rings (SSSR count). The van der Waals surface area contributed by atoms with Crippen molar-refractivity contribution in [3.05, 3.63) is 24.3 Å². The van der Waals surface area contributed by atoms with Crippen LogP contribution in [0.1, 0.15) is 33.6 Å². The van der Waals surface area contributed by atoms with Crippen LogP contribution in [0.5, 0.6) is 11.5 Å². The van der Waals surface area contributed by atoms with Gasteiger partial charge < -0.3 is 14.8 Å². The Hall–Kier alpha value is -1.71. The van der Waals surface area contributed by atoms with Crippen LogP contribution >= 0.6 is 0 Å². The molecule has 1 aromatic carbocycles. The van der Waals surface area contributed by atoms with E-state index >= 15 is 0 Å². The fraction of sp³-hybridized carbons (Fsp3) is 0.533. The molecule has 0 heterocycles. The lowest BCUT2D eigenvalue weighted by molar-refractivity contribution is -0.123. The number of nitrogens with one attached hydrogen (secondary N) is 1. The number of rotatable bonds is 8. The largest absolute Gasteiger partial charge is 0.494 e. The molecule has 0 spiro atoms. The average Bonchev–Trinajstić information content (AvgIpc) is 2.44. The van der Waals surface area contributed by atoms with E-state index in [1.165, 1.54) is 0 Å². The van der Waals surface area contributed by atoms with Gasteiger partial charge in [0.05, 0.1) is 6.61 Å². The number of amides is 1. The molecule has 4 nitrogen and oxygen atoms in total. The summed E-state index contributed by atoms with van der Waals surface area (Å²) in [5, 5.41) is 2.93. The summed E-state index contributed by atoms with van der Waals surface area (Å²) in [4.78, 5) is 11.7. The summed E-state index contributed by atoms with van der Waals surface area (Å²) in [6.07, 6.45) is 1.87. The van der Waals surface area contributed by atoms with Crippen molar-refractivity contribution < 1.29 is 14.3 Å². The summed E-state index contributed by atoms with van der Waals surface area (Å²) >= 11 is 0. The monoisotopic (exact) mass is 265 g/mol. The summed E-state index contributed by atoms with van der Waals surface area (Å²) in [6, 6.07) is 7.50. The van der Waals surface area contributed by atoms with Gasteiger partial charge >= 0.3 is 0 Å². The van der Waals surface area contributed by atoms with Gasteiger partial charge in [-0.2, -0.15) is 0 Å². The van der Waals surface area contributed by atoms with Gasteiger partial charge in [0.1, 0.15) is 11.5 Å². The molecule has 4 heteroatoms. The molecule has 0 fully saturated rings. The van der Waals surface area contributed by atoms with Crippen molar-refractivity contribution in [3.63, 3.8) is 0 Å². The van der Waals surface area contributed by atoms with Gasteiger partial charge in [0, 0.05) is 6.04 Å². The van der Waals surface area contributed by atoms with E-state index in [0.717, 1.165) is 18.6 Å². The maximum atomic E-state index is 11.7. The zero-order valence-corrected chi connectivity index (χ0v) is 11.9. The van der Waals surface area contributed by atoms with Crippen molar-refractivity contribution in [2.24, 2.45) is 0 Å². The number of ether oxygens (including phenoxy) is 2. The maximum absolute atomic E-state index is 11.7. The normalized spacial score (nSPS) is 10.3. The Bertz CT molecular complexity index is 371. The third-order valence-corrected chi connectivity index (χ3v) is 2.86. The van der Waals surface area contributed by atoms with Crippen molar-refractivity contribution in [2.75, 3.05) is 13.2 Å². The molecule has 0 radical (unpaired) electrons. The van der Waals surface area contributed by atoms with Crippen LogP contribution in [0.3, 0.4) is 0 Å². The summed E-state index contributed by atoms with van der Waals surface area (Å²) in [7, 11) is 0. The highest BCUT2D eigenvalue weighted by Crippen LogP contribution is 2.17. The number of carbonyl (C=O) groups excluding carboxylic acids is 1. The highest BCUT2D eigenvalue weighted by Gasteiger charge is 2.08. The quantitative estimate of drug-likeness (QED) is 0.786. The Morgan fingerprint density at radius 2 is 1.58 bits per heavy atom. The number of hydrogen-bond donors (Lipinski definition) is 1. The van der Waals surface area contributed by atoms with Gasteiger partial charge in [0.15, 0.2) is 6.61 Å². The topological polar surface area (TPSA) is 47.6 Å². The SMILES string of the molecule is CCOc1ccc(OCC(=O)NC(CC)CC)cc1. The van der Waals surface area contributed by atoms with E-state index in [-0.39, 0.29) is 18.6 Å². The second kappa shape index (κ2) is 8.40.